The summed E-state index contributed by atoms with van der Waals surface area (Å²) in [4.78, 5) is 16.5. The largest absolute Gasteiger partial charge is 0.299 e. The van der Waals surface area contributed by atoms with Crippen molar-refractivity contribution in [1.82, 2.24) is 4.98 Å². The van der Waals surface area contributed by atoms with Crippen molar-refractivity contribution in [2.45, 2.75) is 39.0 Å². The number of hydrogen-bond donors (Lipinski definition) is 0. The summed E-state index contributed by atoms with van der Waals surface area (Å²) in [5.74, 6) is -0.576. The zero-order chi connectivity index (χ0) is 15.6. The van der Waals surface area contributed by atoms with Gasteiger partial charge >= 0.3 is 0 Å². The van der Waals surface area contributed by atoms with Crippen molar-refractivity contribution >= 4 is 28.7 Å². The Bertz CT molecular complexity index is 661. The predicted molar refractivity (Wildman–Crippen MR) is 84.6 cm³/mol. The summed E-state index contributed by atoms with van der Waals surface area (Å²) in [5, 5.41) is 2.79. The first-order valence-corrected chi connectivity index (χ1v) is 7.92. The van der Waals surface area contributed by atoms with Gasteiger partial charge in [0.1, 0.15) is 16.6 Å². The van der Waals surface area contributed by atoms with E-state index in [9.17, 15) is 9.18 Å². The molecule has 0 bridgehead atoms. The second-order valence-corrected chi connectivity index (χ2v) is 7.33. The number of nitrogens with zero attached hydrogens (tertiary/aromatic N) is 1. The Labute approximate surface area is 133 Å². The van der Waals surface area contributed by atoms with Gasteiger partial charge in [0.25, 0.3) is 0 Å². The maximum atomic E-state index is 13.8. The first-order chi connectivity index (χ1) is 9.77. The number of hydrogen-bond acceptors (Lipinski definition) is 3. The Hall–Kier alpha value is -1.26. The number of aromatic nitrogens is 1. The Kier molecular flexibility index (Phi) is 4.79. The van der Waals surface area contributed by atoms with Crippen LogP contribution in [0.1, 0.15) is 37.0 Å². The molecule has 0 aliphatic heterocycles. The zero-order valence-corrected chi connectivity index (χ0v) is 13.8. The molecule has 0 atom stereocenters. The number of rotatable bonds is 4. The molecule has 0 spiro atoms. The monoisotopic (exact) mass is 325 g/mol. The summed E-state index contributed by atoms with van der Waals surface area (Å²) in [6.07, 6.45) is 0.267. The smallest absolute Gasteiger partial charge is 0.145 e. The lowest BCUT2D eigenvalue weighted by molar-refractivity contribution is -0.117. The molecule has 5 heteroatoms. The van der Waals surface area contributed by atoms with Crippen LogP contribution in [0.3, 0.4) is 0 Å². The SMILES string of the molecule is CC(C)(C)c1csc(CC(=O)Cc2cccc(Cl)c2F)n1. The third kappa shape index (κ3) is 4.11. The normalized spacial score (nSPS) is 11.7. The number of thiazole rings is 1. The van der Waals surface area contributed by atoms with Crippen LogP contribution in [0.15, 0.2) is 23.6 Å². The van der Waals surface area contributed by atoms with Gasteiger partial charge in [0.2, 0.25) is 0 Å². The Morgan fingerprint density at radius 2 is 2.05 bits per heavy atom. The molecule has 0 saturated heterocycles. The molecule has 0 radical (unpaired) electrons. The van der Waals surface area contributed by atoms with Gasteiger partial charge in [-0.15, -0.1) is 11.3 Å². The maximum Gasteiger partial charge on any atom is 0.145 e. The highest BCUT2D eigenvalue weighted by Gasteiger charge is 2.19. The van der Waals surface area contributed by atoms with Crippen LogP contribution >= 0.6 is 22.9 Å². The van der Waals surface area contributed by atoms with E-state index >= 15 is 0 Å². The third-order valence-electron chi connectivity index (χ3n) is 3.09. The van der Waals surface area contributed by atoms with Crippen LogP contribution in [-0.2, 0) is 23.1 Å². The van der Waals surface area contributed by atoms with Gasteiger partial charge in [-0.2, -0.15) is 0 Å². The summed E-state index contributed by atoms with van der Waals surface area (Å²) < 4.78 is 13.8. The van der Waals surface area contributed by atoms with Gasteiger partial charge in [0, 0.05) is 17.2 Å². The van der Waals surface area contributed by atoms with Crippen molar-refractivity contribution < 1.29 is 9.18 Å². The minimum absolute atomic E-state index is 0.0309. The fourth-order valence-corrected chi connectivity index (χ4v) is 3.11. The molecule has 1 aromatic heterocycles. The van der Waals surface area contributed by atoms with Crippen LogP contribution in [0.25, 0.3) is 0 Å². The van der Waals surface area contributed by atoms with Crippen LogP contribution in [0, 0.1) is 5.82 Å². The molecule has 0 fully saturated rings. The molecule has 112 valence electrons. The average Bonchev–Trinajstić information content (AvgIpc) is 2.83. The van der Waals surface area contributed by atoms with Crippen molar-refractivity contribution in [2.24, 2.45) is 0 Å². The van der Waals surface area contributed by atoms with E-state index in [1.165, 1.54) is 17.4 Å². The minimum atomic E-state index is -0.512. The van der Waals surface area contributed by atoms with Crippen LogP contribution in [0.2, 0.25) is 5.02 Å². The highest BCUT2D eigenvalue weighted by atomic mass is 35.5. The molecular formula is C16H17ClFNOS. The zero-order valence-electron chi connectivity index (χ0n) is 12.2. The number of benzene rings is 1. The molecule has 0 aliphatic rings. The highest BCUT2D eigenvalue weighted by Crippen LogP contribution is 2.24. The van der Waals surface area contributed by atoms with Crippen molar-refractivity contribution in [3.05, 3.63) is 50.7 Å². The van der Waals surface area contributed by atoms with Crippen LogP contribution in [-0.4, -0.2) is 10.8 Å². The molecule has 2 aromatic rings. The molecule has 21 heavy (non-hydrogen) atoms. The van der Waals surface area contributed by atoms with Crippen molar-refractivity contribution in [1.29, 1.82) is 0 Å². The Morgan fingerprint density at radius 3 is 2.67 bits per heavy atom. The highest BCUT2D eigenvalue weighted by molar-refractivity contribution is 7.09. The Morgan fingerprint density at radius 1 is 1.33 bits per heavy atom. The summed E-state index contributed by atoms with van der Waals surface area (Å²) in [6, 6.07) is 4.71. The summed E-state index contributed by atoms with van der Waals surface area (Å²) >= 11 is 7.19. The second kappa shape index (κ2) is 6.24. The van der Waals surface area contributed by atoms with E-state index in [2.05, 4.69) is 25.8 Å². The molecule has 1 aromatic carbocycles. The lowest BCUT2D eigenvalue weighted by atomic mass is 9.93. The van der Waals surface area contributed by atoms with E-state index in [-0.39, 0.29) is 29.1 Å². The summed E-state index contributed by atoms with van der Waals surface area (Å²) in [5.41, 5.74) is 1.28. The van der Waals surface area contributed by atoms with E-state index in [0.29, 0.717) is 5.56 Å². The Balaban J connectivity index is 2.05. The van der Waals surface area contributed by atoms with E-state index in [1.54, 1.807) is 12.1 Å². The first-order valence-electron chi connectivity index (χ1n) is 6.67. The third-order valence-corrected chi connectivity index (χ3v) is 4.23. The van der Waals surface area contributed by atoms with Gasteiger partial charge in [-0.3, -0.25) is 4.79 Å². The number of halogens is 2. The fourth-order valence-electron chi connectivity index (χ4n) is 1.87. The predicted octanol–water partition coefficient (Wildman–Crippen LogP) is 4.59. The lowest BCUT2D eigenvalue weighted by Gasteiger charge is -2.14. The van der Waals surface area contributed by atoms with Gasteiger partial charge in [-0.25, -0.2) is 9.37 Å². The van der Waals surface area contributed by atoms with Crippen LogP contribution < -0.4 is 0 Å². The summed E-state index contributed by atoms with van der Waals surface area (Å²) in [7, 11) is 0. The van der Waals surface area contributed by atoms with Crippen molar-refractivity contribution in [3.63, 3.8) is 0 Å². The molecule has 0 aliphatic carbocycles. The molecule has 1 heterocycles. The molecule has 0 amide bonds. The molecule has 0 saturated carbocycles. The first kappa shape index (κ1) is 16.1. The number of Topliss-reactive ketones (excluding diaryl/α,β-unsaturated/α-hetero) is 1. The lowest BCUT2D eigenvalue weighted by Crippen LogP contribution is -2.12. The standard InChI is InChI=1S/C16H17ClFNOS/c1-16(2,3)13-9-21-14(19-13)8-11(20)7-10-5-4-6-12(17)15(10)18/h4-6,9H,7-8H2,1-3H3. The molecule has 2 nitrogen and oxygen atoms in total. The van der Waals surface area contributed by atoms with Crippen molar-refractivity contribution in [2.75, 3.05) is 0 Å². The summed E-state index contributed by atoms with van der Waals surface area (Å²) in [6.45, 7) is 6.24. The molecular weight excluding hydrogens is 309 g/mol. The van der Waals surface area contributed by atoms with Gasteiger partial charge < -0.3 is 0 Å². The number of ketones is 1. The second-order valence-electron chi connectivity index (χ2n) is 5.98. The number of carbonyl (C=O) groups is 1. The van der Waals surface area contributed by atoms with Gasteiger partial charge in [0.15, 0.2) is 0 Å². The topological polar surface area (TPSA) is 30.0 Å². The van der Waals surface area contributed by atoms with Crippen molar-refractivity contribution in [3.8, 4) is 0 Å². The molecule has 2 rings (SSSR count). The van der Waals surface area contributed by atoms with E-state index < -0.39 is 5.82 Å². The van der Waals surface area contributed by atoms with Gasteiger partial charge in [-0.05, 0) is 11.6 Å². The molecule has 0 unspecified atom stereocenters. The van der Waals surface area contributed by atoms with Gasteiger partial charge in [-0.1, -0.05) is 44.5 Å². The minimum Gasteiger partial charge on any atom is -0.299 e. The maximum absolute atomic E-state index is 13.8. The van der Waals surface area contributed by atoms with Gasteiger partial charge in [0.05, 0.1) is 17.1 Å². The fraction of sp³-hybridized carbons (Fsp3) is 0.375. The van der Waals surface area contributed by atoms with E-state index in [4.69, 9.17) is 11.6 Å². The van der Waals surface area contributed by atoms with E-state index in [1.807, 2.05) is 5.38 Å². The van der Waals surface area contributed by atoms with Crippen LogP contribution in [0.5, 0.6) is 0 Å². The van der Waals surface area contributed by atoms with Crippen LogP contribution in [0.4, 0.5) is 4.39 Å². The quantitative estimate of drug-likeness (QED) is 0.823. The number of carbonyl (C=O) groups excluding carboxylic acids is 1. The average molecular weight is 326 g/mol. The van der Waals surface area contributed by atoms with E-state index in [0.717, 1.165) is 10.7 Å². The molecule has 0 N–H and O–H groups in total.